The number of fused-ring (bicyclic) bond motifs is 1. The lowest BCUT2D eigenvalue weighted by atomic mass is 9.99. The molecule has 1 atom stereocenters. The molecule has 4 heteroatoms. The van der Waals surface area contributed by atoms with E-state index in [0.717, 1.165) is 29.8 Å². The van der Waals surface area contributed by atoms with Crippen molar-refractivity contribution in [3.8, 4) is 5.75 Å². The van der Waals surface area contributed by atoms with Crippen LogP contribution in [0.15, 0.2) is 36.4 Å². The van der Waals surface area contributed by atoms with E-state index >= 15 is 0 Å². The third-order valence-electron chi connectivity index (χ3n) is 3.79. The Bertz CT molecular complexity index is 657. The number of para-hydroxylation sites is 1. The Kier molecular flexibility index (Phi) is 4.27. The van der Waals surface area contributed by atoms with Gasteiger partial charge in [-0.05, 0) is 30.2 Å². The van der Waals surface area contributed by atoms with Gasteiger partial charge in [-0.25, -0.2) is 0 Å². The second-order valence-electron chi connectivity index (χ2n) is 5.15. The number of ether oxygens (including phenoxy) is 1. The van der Waals surface area contributed by atoms with Crippen LogP contribution in [0.1, 0.15) is 30.5 Å². The fourth-order valence-corrected chi connectivity index (χ4v) is 3.30. The number of aryl methyl sites for hydroxylation is 1. The fraction of sp³-hybridized carbons (Fsp3) is 0.294. The van der Waals surface area contributed by atoms with Gasteiger partial charge in [-0.2, -0.15) is 0 Å². The lowest BCUT2D eigenvalue weighted by Gasteiger charge is -2.29. The van der Waals surface area contributed by atoms with Crippen molar-refractivity contribution in [2.75, 3.05) is 11.9 Å². The van der Waals surface area contributed by atoms with Crippen molar-refractivity contribution < 1.29 is 4.74 Å². The highest BCUT2D eigenvalue weighted by Gasteiger charge is 2.24. The van der Waals surface area contributed by atoms with Crippen LogP contribution >= 0.6 is 23.2 Å². The maximum Gasteiger partial charge on any atom is 0.143 e. The molecule has 0 saturated carbocycles. The minimum absolute atomic E-state index is 0.164. The van der Waals surface area contributed by atoms with E-state index in [4.69, 9.17) is 27.9 Å². The molecule has 0 saturated heterocycles. The van der Waals surface area contributed by atoms with E-state index in [0.29, 0.717) is 16.7 Å². The minimum Gasteiger partial charge on any atom is -0.492 e. The van der Waals surface area contributed by atoms with Crippen LogP contribution in [0.4, 0.5) is 5.69 Å². The topological polar surface area (TPSA) is 21.3 Å². The van der Waals surface area contributed by atoms with Crippen molar-refractivity contribution in [3.05, 3.63) is 57.6 Å². The summed E-state index contributed by atoms with van der Waals surface area (Å²) in [7, 11) is 0. The summed E-state index contributed by atoms with van der Waals surface area (Å²) >= 11 is 12.4. The van der Waals surface area contributed by atoms with Crippen molar-refractivity contribution in [3.63, 3.8) is 0 Å². The lowest BCUT2D eigenvalue weighted by Crippen LogP contribution is -2.21. The first-order valence-corrected chi connectivity index (χ1v) is 7.91. The van der Waals surface area contributed by atoms with Gasteiger partial charge >= 0.3 is 0 Å². The summed E-state index contributed by atoms with van der Waals surface area (Å²) in [6, 6.07) is 12.2. The molecule has 0 spiro atoms. The Morgan fingerprint density at radius 2 is 2.05 bits per heavy atom. The summed E-state index contributed by atoms with van der Waals surface area (Å²) in [4.78, 5) is 0. The van der Waals surface area contributed by atoms with E-state index in [-0.39, 0.29) is 6.04 Å². The van der Waals surface area contributed by atoms with E-state index in [9.17, 15) is 0 Å². The van der Waals surface area contributed by atoms with Crippen molar-refractivity contribution in [2.45, 2.75) is 25.8 Å². The van der Waals surface area contributed by atoms with Gasteiger partial charge < -0.3 is 10.1 Å². The highest BCUT2D eigenvalue weighted by atomic mass is 35.5. The van der Waals surface area contributed by atoms with Gasteiger partial charge in [0.2, 0.25) is 0 Å². The molecular formula is C17H17Cl2NO. The third-order valence-corrected chi connectivity index (χ3v) is 4.29. The van der Waals surface area contributed by atoms with Crippen molar-refractivity contribution >= 4 is 28.9 Å². The Hall–Kier alpha value is -1.38. The van der Waals surface area contributed by atoms with Gasteiger partial charge in [0.15, 0.2) is 0 Å². The molecule has 1 N–H and O–H groups in total. The quantitative estimate of drug-likeness (QED) is 0.806. The van der Waals surface area contributed by atoms with Crippen molar-refractivity contribution in [2.24, 2.45) is 0 Å². The van der Waals surface area contributed by atoms with Gasteiger partial charge in [-0.3, -0.25) is 0 Å². The maximum atomic E-state index is 6.24. The maximum absolute atomic E-state index is 6.24. The van der Waals surface area contributed by atoms with Crippen LogP contribution in [0.25, 0.3) is 0 Å². The molecule has 3 rings (SSSR count). The van der Waals surface area contributed by atoms with Gasteiger partial charge in [-0.1, -0.05) is 48.3 Å². The second-order valence-corrected chi connectivity index (χ2v) is 5.99. The normalized spacial score (nSPS) is 17.0. The van der Waals surface area contributed by atoms with E-state index in [2.05, 4.69) is 30.4 Å². The molecule has 21 heavy (non-hydrogen) atoms. The molecule has 110 valence electrons. The summed E-state index contributed by atoms with van der Waals surface area (Å²) in [5, 5.41) is 4.83. The van der Waals surface area contributed by atoms with Crippen LogP contribution < -0.4 is 10.1 Å². The van der Waals surface area contributed by atoms with Crippen molar-refractivity contribution in [1.82, 2.24) is 0 Å². The van der Waals surface area contributed by atoms with Crippen LogP contribution in [-0.4, -0.2) is 6.61 Å². The first-order valence-electron chi connectivity index (χ1n) is 7.15. The van der Waals surface area contributed by atoms with E-state index in [1.165, 1.54) is 5.56 Å². The average Bonchev–Trinajstić information content (AvgIpc) is 2.48. The first-order chi connectivity index (χ1) is 10.2. The summed E-state index contributed by atoms with van der Waals surface area (Å²) in [6.45, 7) is 2.81. The number of hydrogen-bond donors (Lipinski definition) is 1. The molecule has 1 heterocycles. The summed E-state index contributed by atoms with van der Waals surface area (Å²) in [5.74, 6) is 0.749. The number of anilines is 1. The van der Waals surface area contributed by atoms with Gasteiger partial charge in [0.1, 0.15) is 5.75 Å². The van der Waals surface area contributed by atoms with E-state index < -0.39 is 0 Å². The fourth-order valence-electron chi connectivity index (χ4n) is 2.73. The molecule has 2 aromatic rings. The predicted molar refractivity (Wildman–Crippen MR) is 88.8 cm³/mol. The molecule has 1 aliphatic heterocycles. The Morgan fingerprint density at radius 3 is 2.86 bits per heavy atom. The zero-order valence-corrected chi connectivity index (χ0v) is 13.3. The molecular weight excluding hydrogens is 305 g/mol. The average molecular weight is 322 g/mol. The summed E-state index contributed by atoms with van der Waals surface area (Å²) in [5.41, 5.74) is 3.50. The van der Waals surface area contributed by atoms with Crippen molar-refractivity contribution in [1.29, 1.82) is 0 Å². The highest BCUT2D eigenvalue weighted by molar-refractivity contribution is 6.35. The zero-order chi connectivity index (χ0) is 14.8. The number of halogens is 2. The lowest BCUT2D eigenvalue weighted by molar-refractivity contribution is 0.274. The van der Waals surface area contributed by atoms with E-state index in [1.807, 2.05) is 12.1 Å². The smallest absolute Gasteiger partial charge is 0.143 e. The molecule has 2 aromatic carbocycles. The predicted octanol–water partition coefficient (Wildman–Crippen LogP) is 5.49. The third kappa shape index (κ3) is 2.97. The molecule has 0 fully saturated rings. The highest BCUT2D eigenvalue weighted by Crippen LogP contribution is 2.41. The van der Waals surface area contributed by atoms with Gasteiger partial charge in [-0.15, -0.1) is 0 Å². The Balaban J connectivity index is 1.95. The molecule has 0 aromatic heterocycles. The largest absolute Gasteiger partial charge is 0.492 e. The molecule has 0 aliphatic carbocycles. The number of nitrogens with one attached hydrogen (secondary N) is 1. The minimum atomic E-state index is 0.164. The molecule has 0 amide bonds. The van der Waals surface area contributed by atoms with Gasteiger partial charge in [0, 0.05) is 22.7 Å². The number of benzene rings is 2. The van der Waals surface area contributed by atoms with Crippen LogP contribution in [0, 0.1) is 0 Å². The molecule has 1 unspecified atom stereocenters. The molecule has 0 radical (unpaired) electrons. The summed E-state index contributed by atoms with van der Waals surface area (Å²) in [6.07, 6.45) is 1.89. The number of hydrogen-bond acceptors (Lipinski definition) is 2. The molecule has 0 bridgehead atoms. The van der Waals surface area contributed by atoms with Crippen LogP contribution in [0.2, 0.25) is 10.0 Å². The Morgan fingerprint density at radius 1 is 1.24 bits per heavy atom. The molecule has 2 nitrogen and oxygen atoms in total. The molecule has 1 aliphatic rings. The number of rotatable bonds is 3. The monoisotopic (exact) mass is 321 g/mol. The summed E-state index contributed by atoms with van der Waals surface area (Å²) < 4.78 is 5.70. The second kappa shape index (κ2) is 6.17. The van der Waals surface area contributed by atoms with Gasteiger partial charge in [0.25, 0.3) is 0 Å². The zero-order valence-electron chi connectivity index (χ0n) is 11.8. The first kappa shape index (κ1) is 14.6. The van der Waals surface area contributed by atoms with Crippen LogP contribution in [0.3, 0.4) is 0 Å². The SMILES string of the molecule is CCc1ccccc1NC1CCOc2c(Cl)cc(Cl)cc21. The van der Waals surface area contributed by atoms with E-state index in [1.54, 1.807) is 6.07 Å². The van der Waals surface area contributed by atoms with Crippen LogP contribution in [-0.2, 0) is 6.42 Å². The van der Waals surface area contributed by atoms with Gasteiger partial charge in [0.05, 0.1) is 17.7 Å². The van der Waals surface area contributed by atoms with Crippen LogP contribution in [0.5, 0.6) is 5.75 Å². The Labute approximate surface area is 135 Å². The standard InChI is InChI=1S/C17H17Cl2NO/c1-2-11-5-3-4-6-15(11)20-16-7-8-21-17-13(16)9-12(18)10-14(17)19/h3-6,9-10,16,20H,2,7-8H2,1H3.